The molecule has 0 radical (unpaired) electrons. The minimum atomic E-state index is -0.466. The molecule has 0 bridgehead atoms. The van der Waals surface area contributed by atoms with Crippen LogP contribution in [0.5, 0.6) is 0 Å². The number of nitrogens with one attached hydrogen (secondary N) is 1. The summed E-state index contributed by atoms with van der Waals surface area (Å²) in [6, 6.07) is 12.6. The number of anilines is 2. The minimum absolute atomic E-state index is 0.0703. The van der Waals surface area contributed by atoms with Crippen LogP contribution in [0.1, 0.15) is 27.9 Å². The molecule has 2 aromatic rings. The fourth-order valence-corrected chi connectivity index (χ4v) is 3.09. The Morgan fingerprint density at radius 1 is 1.11 bits per heavy atom. The zero-order chi connectivity index (χ0) is 19.6. The first kappa shape index (κ1) is 18.6. The maximum absolute atomic E-state index is 12.7. The number of esters is 1. The van der Waals surface area contributed by atoms with Gasteiger partial charge in [-0.3, -0.25) is 9.59 Å². The van der Waals surface area contributed by atoms with Crippen molar-refractivity contribution in [3.8, 4) is 0 Å². The number of hydrogen-bond acceptors (Lipinski definition) is 4. The van der Waals surface area contributed by atoms with Crippen molar-refractivity contribution < 1.29 is 19.1 Å². The quantitative estimate of drug-likeness (QED) is 0.844. The molecule has 0 unspecified atom stereocenters. The molecule has 0 saturated carbocycles. The summed E-state index contributed by atoms with van der Waals surface area (Å²) in [4.78, 5) is 38.4. The van der Waals surface area contributed by atoms with E-state index >= 15 is 0 Å². The maximum atomic E-state index is 12.7. The maximum Gasteiger partial charge on any atom is 0.337 e. The number of ether oxygens (including phenoxy) is 1. The molecule has 0 aromatic heterocycles. The van der Waals surface area contributed by atoms with Gasteiger partial charge in [-0.2, -0.15) is 0 Å². The largest absolute Gasteiger partial charge is 0.465 e. The van der Waals surface area contributed by atoms with E-state index in [-0.39, 0.29) is 18.2 Å². The lowest BCUT2D eigenvalue weighted by molar-refractivity contribution is -0.122. The van der Waals surface area contributed by atoms with Crippen molar-refractivity contribution >= 4 is 29.2 Å². The highest BCUT2D eigenvalue weighted by atomic mass is 16.5. The third-order valence-corrected chi connectivity index (χ3v) is 4.76. The van der Waals surface area contributed by atoms with Crippen molar-refractivity contribution in [1.29, 1.82) is 0 Å². The lowest BCUT2D eigenvalue weighted by Crippen LogP contribution is -2.28. The van der Waals surface area contributed by atoms with E-state index in [1.807, 2.05) is 38.1 Å². The van der Waals surface area contributed by atoms with Gasteiger partial charge in [-0.05, 0) is 43.7 Å². The lowest BCUT2D eigenvalue weighted by atomic mass is 10.1. The Kier molecular flexibility index (Phi) is 5.26. The van der Waals surface area contributed by atoms with Crippen molar-refractivity contribution in [2.45, 2.75) is 20.3 Å². The number of hydrogen-bond donors (Lipinski definition) is 1. The minimum Gasteiger partial charge on any atom is -0.465 e. The summed E-state index contributed by atoms with van der Waals surface area (Å²) in [5.41, 5.74) is 3.65. The Hall–Kier alpha value is -3.15. The molecule has 0 aliphatic carbocycles. The summed E-state index contributed by atoms with van der Waals surface area (Å²) in [6.07, 6.45) is 0.162. The van der Waals surface area contributed by atoms with Crippen LogP contribution in [0.2, 0.25) is 0 Å². The van der Waals surface area contributed by atoms with E-state index in [4.69, 9.17) is 4.74 Å². The molecular weight excluding hydrogens is 344 g/mol. The first-order chi connectivity index (χ1) is 12.9. The molecular formula is C21H22N2O4. The van der Waals surface area contributed by atoms with Gasteiger partial charge >= 0.3 is 5.97 Å². The molecule has 1 aliphatic rings. The fourth-order valence-electron chi connectivity index (χ4n) is 3.09. The monoisotopic (exact) mass is 366 g/mol. The van der Waals surface area contributed by atoms with Gasteiger partial charge in [-0.15, -0.1) is 0 Å². The van der Waals surface area contributed by atoms with E-state index in [0.717, 1.165) is 16.8 Å². The molecule has 1 fully saturated rings. The van der Waals surface area contributed by atoms with Crippen LogP contribution in [0.3, 0.4) is 0 Å². The van der Waals surface area contributed by atoms with Crippen LogP contribution in [-0.2, 0) is 14.3 Å². The Morgan fingerprint density at radius 3 is 2.48 bits per heavy atom. The number of amides is 2. The van der Waals surface area contributed by atoms with Crippen LogP contribution in [0.25, 0.3) is 0 Å². The molecule has 1 heterocycles. The van der Waals surface area contributed by atoms with Gasteiger partial charge in [0.2, 0.25) is 11.8 Å². The summed E-state index contributed by atoms with van der Waals surface area (Å²) in [5, 5.41) is 2.85. The molecule has 27 heavy (non-hydrogen) atoms. The molecule has 1 saturated heterocycles. The highest BCUT2D eigenvalue weighted by Crippen LogP contribution is 2.27. The number of aryl methyl sites for hydroxylation is 2. The Labute approximate surface area is 158 Å². The second kappa shape index (κ2) is 7.61. The van der Waals surface area contributed by atoms with Crippen LogP contribution in [0.4, 0.5) is 11.4 Å². The molecule has 2 aromatic carbocycles. The summed E-state index contributed by atoms with van der Waals surface area (Å²) in [5.74, 6) is -1.21. The first-order valence-corrected chi connectivity index (χ1v) is 8.76. The molecule has 1 atom stereocenters. The molecule has 1 aliphatic heterocycles. The molecule has 1 N–H and O–H groups in total. The SMILES string of the molecule is COC(=O)c1ccc(C)c(NC(=O)[C@@H]2CC(=O)N(c3ccc(C)cc3)C2)c1. The summed E-state index contributed by atoms with van der Waals surface area (Å²) < 4.78 is 4.72. The van der Waals surface area contributed by atoms with Gasteiger partial charge in [0.25, 0.3) is 0 Å². The van der Waals surface area contributed by atoms with E-state index in [1.54, 1.807) is 23.1 Å². The van der Waals surface area contributed by atoms with Crippen LogP contribution in [-0.4, -0.2) is 31.4 Å². The zero-order valence-electron chi connectivity index (χ0n) is 15.6. The van der Waals surface area contributed by atoms with Crippen LogP contribution in [0, 0.1) is 19.8 Å². The first-order valence-electron chi connectivity index (χ1n) is 8.76. The molecule has 2 amide bonds. The van der Waals surface area contributed by atoms with Gasteiger partial charge in [0.15, 0.2) is 0 Å². The molecule has 3 rings (SSSR count). The zero-order valence-corrected chi connectivity index (χ0v) is 15.6. The molecule has 6 nitrogen and oxygen atoms in total. The summed E-state index contributed by atoms with van der Waals surface area (Å²) in [6.45, 7) is 4.16. The average Bonchev–Trinajstić information content (AvgIpc) is 3.05. The smallest absolute Gasteiger partial charge is 0.337 e. The standard InChI is InChI=1S/C21H22N2O4/c1-13-4-8-17(9-5-13)23-12-16(11-19(23)24)20(25)22-18-10-15(21(26)27-3)7-6-14(18)2/h4-10,16H,11-12H2,1-3H3,(H,22,25)/t16-/m1/s1. The van der Waals surface area contributed by atoms with Crippen molar-refractivity contribution in [2.24, 2.45) is 5.92 Å². The third kappa shape index (κ3) is 4.00. The molecule has 140 valence electrons. The summed E-state index contributed by atoms with van der Waals surface area (Å²) in [7, 11) is 1.31. The lowest BCUT2D eigenvalue weighted by Gasteiger charge is -2.17. The van der Waals surface area contributed by atoms with Gasteiger partial charge in [0.05, 0.1) is 18.6 Å². The number of rotatable bonds is 4. The Bertz CT molecular complexity index is 890. The van der Waals surface area contributed by atoms with E-state index in [0.29, 0.717) is 17.8 Å². The number of nitrogens with zero attached hydrogens (tertiary/aromatic N) is 1. The predicted molar refractivity (Wildman–Crippen MR) is 103 cm³/mol. The molecule has 0 spiro atoms. The van der Waals surface area contributed by atoms with Crippen molar-refractivity contribution in [2.75, 3.05) is 23.9 Å². The van der Waals surface area contributed by atoms with Crippen molar-refractivity contribution in [1.82, 2.24) is 0 Å². The highest BCUT2D eigenvalue weighted by Gasteiger charge is 2.35. The van der Waals surface area contributed by atoms with Gasteiger partial charge in [-0.1, -0.05) is 23.8 Å². The average molecular weight is 366 g/mol. The Balaban J connectivity index is 1.73. The number of methoxy groups -OCH3 is 1. The molecule has 6 heteroatoms. The second-order valence-corrected chi connectivity index (χ2v) is 6.75. The normalized spacial score (nSPS) is 16.3. The number of carbonyl (C=O) groups is 3. The Morgan fingerprint density at radius 2 is 1.81 bits per heavy atom. The number of carbonyl (C=O) groups excluding carboxylic acids is 3. The van der Waals surface area contributed by atoms with Gasteiger partial charge < -0.3 is 15.0 Å². The third-order valence-electron chi connectivity index (χ3n) is 4.76. The topological polar surface area (TPSA) is 75.7 Å². The number of benzene rings is 2. The van der Waals surface area contributed by atoms with Crippen molar-refractivity contribution in [3.05, 3.63) is 59.2 Å². The van der Waals surface area contributed by atoms with Crippen molar-refractivity contribution in [3.63, 3.8) is 0 Å². The van der Waals surface area contributed by atoms with E-state index in [2.05, 4.69) is 5.32 Å². The van der Waals surface area contributed by atoms with E-state index in [1.165, 1.54) is 7.11 Å². The predicted octanol–water partition coefficient (Wildman–Crippen LogP) is 3.08. The van der Waals surface area contributed by atoms with Gasteiger partial charge in [-0.25, -0.2) is 4.79 Å². The van der Waals surface area contributed by atoms with Crippen LogP contribution in [0.15, 0.2) is 42.5 Å². The van der Waals surface area contributed by atoms with E-state index < -0.39 is 11.9 Å². The van der Waals surface area contributed by atoms with Gasteiger partial charge in [0.1, 0.15) is 0 Å². The van der Waals surface area contributed by atoms with Crippen LogP contribution < -0.4 is 10.2 Å². The second-order valence-electron chi connectivity index (χ2n) is 6.75. The fraction of sp³-hybridized carbons (Fsp3) is 0.286. The highest BCUT2D eigenvalue weighted by molar-refractivity contribution is 6.04. The van der Waals surface area contributed by atoms with Gasteiger partial charge in [0, 0.05) is 24.3 Å². The summed E-state index contributed by atoms with van der Waals surface area (Å²) >= 11 is 0. The van der Waals surface area contributed by atoms with E-state index in [9.17, 15) is 14.4 Å². The van der Waals surface area contributed by atoms with Crippen LogP contribution >= 0.6 is 0 Å².